The van der Waals surface area contributed by atoms with Crippen LogP contribution in [-0.2, 0) is 0 Å². The summed E-state index contributed by atoms with van der Waals surface area (Å²) in [5, 5.41) is 12.7. The fourth-order valence-electron chi connectivity index (χ4n) is 2.21. The average Bonchev–Trinajstić information content (AvgIpc) is 2.74. The van der Waals surface area contributed by atoms with E-state index < -0.39 is 33.7 Å². The second-order valence-electron chi connectivity index (χ2n) is 4.54. The molecular formula is C12H11ClF2N2O3. The summed E-state index contributed by atoms with van der Waals surface area (Å²) in [4.78, 5) is 21.5. The number of hydrogen-bond acceptors (Lipinski definition) is 3. The lowest BCUT2D eigenvalue weighted by Crippen LogP contribution is -2.38. The Labute approximate surface area is 118 Å². The van der Waals surface area contributed by atoms with E-state index in [1.54, 1.807) is 0 Å². The van der Waals surface area contributed by atoms with Gasteiger partial charge in [-0.05, 0) is 25.3 Å². The van der Waals surface area contributed by atoms with Crippen LogP contribution < -0.4 is 5.32 Å². The zero-order valence-electron chi connectivity index (χ0n) is 10.2. The highest BCUT2D eigenvalue weighted by atomic mass is 35.5. The van der Waals surface area contributed by atoms with E-state index in [2.05, 4.69) is 5.32 Å². The Morgan fingerprint density at radius 3 is 2.65 bits per heavy atom. The Morgan fingerprint density at radius 2 is 2.10 bits per heavy atom. The summed E-state index contributed by atoms with van der Waals surface area (Å²) in [6.45, 7) is 0. The smallest absolute Gasteiger partial charge is 0.305 e. The predicted octanol–water partition coefficient (Wildman–Crippen LogP) is 2.76. The van der Waals surface area contributed by atoms with Crippen molar-refractivity contribution < 1.29 is 18.5 Å². The maximum atomic E-state index is 13.8. The first-order chi connectivity index (χ1) is 9.41. The first kappa shape index (κ1) is 14.6. The lowest BCUT2D eigenvalue weighted by molar-refractivity contribution is -0.387. The number of halogens is 3. The van der Waals surface area contributed by atoms with Gasteiger partial charge in [0.05, 0.1) is 10.3 Å². The molecule has 0 bridgehead atoms. The number of rotatable bonds is 3. The van der Waals surface area contributed by atoms with Crippen molar-refractivity contribution in [2.45, 2.75) is 30.7 Å². The van der Waals surface area contributed by atoms with Crippen LogP contribution in [0, 0.1) is 21.7 Å². The van der Waals surface area contributed by atoms with Crippen molar-refractivity contribution in [2.75, 3.05) is 0 Å². The van der Waals surface area contributed by atoms with Gasteiger partial charge in [-0.25, -0.2) is 4.39 Å². The molecule has 1 saturated carbocycles. The number of benzene rings is 1. The third kappa shape index (κ3) is 2.72. The summed E-state index contributed by atoms with van der Waals surface area (Å²) in [5.41, 5.74) is -1.89. The van der Waals surface area contributed by atoms with Crippen molar-refractivity contribution in [1.82, 2.24) is 5.32 Å². The van der Waals surface area contributed by atoms with Crippen molar-refractivity contribution in [3.05, 3.63) is 39.4 Å². The standard InChI is InChI=1S/C12H11ClF2N2O3/c13-6-2-1-3-8(6)16-12(18)10-7(14)4-5-9(11(10)15)17(19)20/h4-6,8H,1-3H2,(H,16,18). The molecule has 1 aliphatic rings. The Kier molecular flexibility index (Phi) is 4.17. The van der Waals surface area contributed by atoms with Gasteiger partial charge >= 0.3 is 5.69 Å². The van der Waals surface area contributed by atoms with Crippen molar-refractivity contribution in [3.8, 4) is 0 Å². The molecule has 1 aromatic carbocycles. The highest BCUT2D eigenvalue weighted by molar-refractivity contribution is 6.21. The van der Waals surface area contributed by atoms with Gasteiger partial charge in [-0.15, -0.1) is 11.6 Å². The van der Waals surface area contributed by atoms with Gasteiger partial charge < -0.3 is 5.32 Å². The van der Waals surface area contributed by atoms with Crippen LogP contribution in [0.5, 0.6) is 0 Å². The van der Waals surface area contributed by atoms with Crippen LogP contribution in [0.15, 0.2) is 12.1 Å². The summed E-state index contributed by atoms with van der Waals surface area (Å²) < 4.78 is 27.4. The van der Waals surface area contributed by atoms with Crippen LogP contribution in [0.2, 0.25) is 0 Å². The molecule has 0 spiro atoms. The third-order valence-electron chi connectivity index (χ3n) is 3.24. The van der Waals surface area contributed by atoms with Gasteiger partial charge in [0.15, 0.2) is 0 Å². The van der Waals surface area contributed by atoms with E-state index in [1.165, 1.54) is 0 Å². The Balaban J connectivity index is 2.29. The molecule has 2 rings (SSSR count). The summed E-state index contributed by atoms with van der Waals surface area (Å²) in [6, 6.07) is 0.992. The number of hydrogen-bond donors (Lipinski definition) is 1. The van der Waals surface area contributed by atoms with Crippen LogP contribution in [-0.4, -0.2) is 22.2 Å². The number of amides is 1. The van der Waals surface area contributed by atoms with Crippen LogP contribution in [0.3, 0.4) is 0 Å². The van der Waals surface area contributed by atoms with Gasteiger partial charge in [0, 0.05) is 12.1 Å². The molecule has 1 amide bonds. The van der Waals surface area contributed by atoms with E-state index in [-0.39, 0.29) is 11.4 Å². The Bertz CT molecular complexity index is 568. The predicted molar refractivity (Wildman–Crippen MR) is 67.8 cm³/mol. The van der Waals surface area contributed by atoms with Crippen molar-refractivity contribution in [3.63, 3.8) is 0 Å². The second-order valence-corrected chi connectivity index (χ2v) is 5.10. The van der Waals surface area contributed by atoms with Crippen LogP contribution in [0.4, 0.5) is 14.5 Å². The molecule has 2 atom stereocenters. The highest BCUT2D eigenvalue weighted by Crippen LogP contribution is 2.26. The summed E-state index contributed by atoms with van der Waals surface area (Å²) >= 11 is 5.96. The molecule has 0 aromatic heterocycles. The van der Waals surface area contributed by atoms with Gasteiger partial charge in [0.1, 0.15) is 11.4 Å². The molecule has 0 saturated heterocycles. The fourth-order valence-corrected chi connectivity index (χ4v) is 2.55. The van der Waals surface area contributed by atoms with E-state index in [0.29, 0.717) is 25.0 Å². The van der Waals surface area contributed by atoms with Crippen LogP contribution in [0.1, 0.15) is 29.6 Å². The van der Waals surface area contributed by atoms with Crippen molar-refractivity contribution in [1.29, 1.82) is 0 Å². The first-order valence-electron chi connectivity index (χ1n) is 5.99. The van der Waals surface area contributed by atoms with Gasteiger partial charge in [0.2, 0.25) is 5.82 Å². The first-order valence-corrected chi connectivity index (χ1v) is 6.42. The zero-order chi connectivity index (χ0) is 14.9. The average molecular weight is 305 g/mol. The molecule has 0 radical (unpaired) electrons. The minimum atomic E-state index is -1.48. The van der Waals surface area contributed by atoms with Crippen molar-refractivity contribution >= 4 is 23.2 Å². The molecule has 1 aromatic rings. The number of nitrogens with one attached hydrogen (secondary N) is 1. The summed E-state index contributed by atoms with van der Waals surface area (Å²) in [7, 11) is 0. The summed E-state index contributed by atoms with van der Waals surface area (Å²) in [6.07, 6.45) is 2.11. The lowest BCUT2D eigenvalue weighted by Gasteiger charge is -2.16. The fraction of sp³-hybridized carbons (Fsp3) is 0.417. The molecule has 8 heteroatoms. The van der Waals surface area contributed by atoms with Crippen LogP contribution in [0.25, 0.3) is 0 Å². The maximum absolute atomic E-state index is 13.8. The lowest BCUT2D eigenvalue weighted by atomic mass is 10.1. The normalized spacial score (nSPS) is 21.8. The highest BCUT2D eigenvalue weighted by Gasteiger charge is 2.31. The number of nitro groups is 1. The molecule has 0 heterocycles. The zero-order valence-corrected chi connectivity index (χ0v) is 11.0. The Hall–Kier alpha value is -1.76. The van der Waals surface area contributed by atoms with E-state index in [4.69, 9.17) is 11.6 Å². The van der Waals surface area contributed by atoms with E-state index >= 15 is 0 Å². The molecule has 0 aliphatic heterocycles. The van der Waals surface area contributed by atoms with E-state index in [1.807, 2.05) is 0 Å². The largest absolute Gasteiger partial charge is 0.348 e. The molecule has 20 heavy (non-hydrogen) atoms. The minimum absolute atomic E-state index is 0.302. The topological polar surface area (TPSA) is 72.2 Å². The molecule has 5 nitrogen and oxygen atoms in total. The van der Waals surface area contributed by atoms with Gasteiger partial charge in [-0.2, -0.15) is 4.39 Å². The molecule has 108 valence electrons. The number of nitrogens with zero attached hydrogens (tertiary/aromatic N) is 1. The van der Waals surface area contributed by atoms with Gasteiger partial charge in [-0.3, -0.25) is 14.9 Å². The molecular weight excluding hydrogens is 294 g/mol. The van der Waals surface area contributed by atoms with Gasteiger partial charge in [-0.1, -0.05) is 0 Å². The van der Waals surface area contributed by atoms with E-state index in [0.717, 1.165) is 6.42 Å². The number of nitro benzene ring substituents is 1. The minimum Gasteiger partial charge on any atom is -0.348 e. The third-order valence-corrected chi connectivity index (χ3v) is 3.76. The molecule has 1 aliphatic carbocycles. The van der Waals surface area contributed by atoms with Crippen LogP contribution >= 0.6 is 11.6 Å². The second kappa shape index (κ2) is 5.70. The molecule has 1 N–H and O–H groups in total. The monoisotopic (exact) mass is 304 g/mol. The van der Waals surface area contributed by atoms with Crippen molar-refractivity contribution in [2.24, 2.45) is 0 Å². The van der Waals surface area contributed by atoms with E-state index in [9.17, 15) is 23.7 Å². The summed E-state index contributed by atoms with van der Waals surface area (Å²) in [5.74, 6) is -3.65. The number of alkyl halides is 1. The number of carbonyl (C=O) groups excluding carboxylic acids is 1. The maximum Gasteiger partial charge on any atom is 0.305 e. The Morgan fingerprint density at radius 1 is 1.40 bits per heavy atom. The molecule has 2 unspecified atom stereocenters. The SMILES string of the molecule is O=C(NC1CCCC1Cl)c1c(F)ccc([N+](=O)[O-])c1F. The molecule has 1 fully saturated rings. The quantitative estimate of drug-likeness (QED) is 0.530. The number of carbonyl (C=O) groups is 1. The van der Waals surface area contributed by atoms with Gasteiger partial charge in [0.25, 0.3) is 5.91 Å².